The van der Waals surface area contributed by atoms with Gasteiger partial charge in [-0.15, -0.1) is 0 Å². The number of aliphatic hydroxyl groups excluding tert-OH is 3. The Morgan fingerprint density at radius 3 is 2.71 bits per heavy atom. The van der Waals surface area contributed by atoms with Crippen LogP contribution in [0.15, 0.2) is 23.3 Å². The number of hydrogen-bond acceptors (Lipinski definition) is 4. The van der Waals surface area contributed by atoms with Gasteiger partial charge in [0.15, 0.2) is 0 Å². The van der Waals surface area contributed by atoms with Crippen LogP contribution < -0.4 is 0 Å². The molecular formula is C10H12FN3O3. The van der Waals surface area contributed by atoms with Crippen molar-refractivity contribution < 1.29 is 19.7 Å². The highest BCUT2D eigenvalue weighted by Gasteiger charge is 2.21. The Balaban J connectivity index is 2.93. The second-order valence-corrected chi connectivity index (χ2v) is 3.44. The standard InChI is InChI=1S/C10H12FN3O3/c11-8-2-1-6(5-15)3-7(8)10(17)9(16)4-13-14-12/h1-3,9-10,15-17H,4-5H2. The van der Waals surface area contributed by atoms with E-state index in [4.69, 9.17) is 10.6 Å². The first-order valence-corrected chi connectivity index (χ1v) is 4.86. The van der Waals surface area contributed by atoms with Gasteiger partial charge in [0.2, 0.25) is 0 Å². The van der Waals surface area contributed by atoms with Crippen molar-refractivity contribution in [3.05, 3.63) is 45.6 Å². The molecule has 0 spiro atoms. The van der Waals surface area contributed by atoms with Crippen molar-refractivity contribution in [3.63, 3.8) is 0 Å². The number of halogens is 1. The minimum atomic E-state index is -1.51. The van der Waals surface area contributed by atoms with Crippen molar-refractivity contribution in [1.29, 1.82) is 0 Å². The molecule has 0 aliphatic heterocycles. The number of azide groups is 1. The number of hydrogen-bond donors (Lipinski definition) is 3. The minimum absolute atomic E-state index is 0.141. The molecule has 1 rings (SSSR count). The van der Waals surface area contributed by atoms with Crippen molar-refractivity contribution in [1.82, 2.24) is 0 Å². The molecule has 92 valence electrons. The Hall–Kier alpha value is -1.66. The van der Waals surface area contributed by atoms with Crippen molar-refractivity contribution in [3.8, 4) is 0 Å². The lowest BCUT2D eigenvalue weighted by molar-refractivity contribution is 0.0221. The first kappa shape index (κ1) is 13.4. The van der Waals surface area contributed by atoms with E-state index in [1.165, 1.54) is 12.1 Å². The van der Waals surface area contributed by atoms with Crippen LogP contribution in [0, 0.1) is 5.82 Å². The smallest absolute Gasteiger partial charge is 0.129 e. The average molecular weight is 241 g/mol. The Labute approximate surface area is 96.6 Å². The molecule has 0 aliphatic carbocycles. The zero-order valence-corrected chi connectivity index (χ0v) is 8.86. The summed E-state index contributed by atoms with van der Waals surface area (Å²) in [4.78, 5) is 2.43. The van der Waals surface area contributed by atoms with Gasteiger partial charge in [0.25, 0.3) is 0 Å². The molecule has 0 amide bonds. The number of aliphatic hydroxyl groups is 3. The van der Waals surface area contributed by atoms with Gasteiger partial charge in [0.1, 0.15) is 11.9 Å². The molecule has 0 fully saturated rings. The van der Waals surface area contributed by atoms with E-state index < -0.39 is 18.0 Å². The molecule has 0 saturated carbocycles. The van der Waals surface area contributed by atoms with E-state index in [0.29, 0.717) is 5.56 Å². The summed E-state index contributed by atoms with van der Waals surface area (Å²) in [7, 11) is 0. The molecule has 3 N–H and O–H groups in total. The van der Waals surface area contributed by atoms with Crippen molar-refractivity contribution in [2.24, 2.45) is 5.11 Å². The highest BCUT2D eigenvalue weighted by Crippen LogP contribution is 2.22. The summed E-state index contributed by atoms with van der Waals surface area (Å²) >= 11 is 0. The molecular weight excluding hydrogens is 229 g/mol. The van der Waals surface area contributed by atoms with Gasteiger partial charge in [-0.2, -0.15) is 0 Å². The van der Waals surface area contributed by atoms with Crippen LogP contribution in [0.2, 0.25) is 0 Å². The number of nitrogens with zero attached hydrogens (tertiary/aromatic N) is 3. The zero-order valence-electron chi connectivity index (χ0n) is 8.86. The lowest BCUT2D eigenvalue weighted by Crippen LogP contribution is -2.22. The van der Waals surface area contributed by atoms with Crippen molar-refractivity contribution >= 4 is 0 Å². The van der Waals surface area contributed by atoms with Gasteiger partial charge in [-0.05, 0) is 23.2 Å². The summed E-state index contributed by atoms with van der Waals surface area (Å²) in [5.74, 6) is -0.699. The maximum Gasteiger partial charge on any atom is 0.129 e. The van der Waals surface area contributed by atoms with Gasteiger partial charge in [-0.1, -0.05) is 11.2 Å². The largest absolute Gasteiger partial charge is 0.392 e. The van der Waals surface area contributed by atoms with Crippen LogP contribution in [-0.2, 0) is 6.61 Å². The molecule has 7 heteroatoms. The average Bonchev–Trinajstić information content (AvgIpc) is 2.35. The van der Waals surface area contributed by atoms with Crippen LogP contribution in [-0.4, -0.2) is 28.0 Å². The van der Waals surface area contributed by atoms with Crippen LogP contribution >= 0.6 is 0 Å². The van der Waals surface area contributed by atoms with Crippen molar-refractivity contribution in [2.45, 2.75) is 18.8 Å². The number of rotatable bonds is 5. The molecule has 0 saturated heterocycles. The van der Waals surface area contributed by atoms with E-state index >= 15 is 0 Å². The molecule has 2 atom stereocenters. The lowest BCUT2D eigenvalue weighted by Gasteiger charge is -2.17. The van der Waals surface area contributed by atoms with Crippen LogP contribution in [0.25, 0.3) is 10.4 Å². The first-order chi connectivity index (χ1) is 8.10. The van der Waals surface area contributed by atoms with E-state index in [1.54, 1.807) is 0 Å². The van der Waals surface area contributed by atoms with Crippen LogP contribution in [0.1, 0.15) is 17.2 Å². The molecule has 17 heavy (non-hydrogen) atoms. The molecule has 0 bridgehead atoms. The third-order valence-electron chi connectivity index (χ3n) is 2.26. The van der Waals surface area contributed by atoms with Gasteiger partial charge >= 0.3 is 0 Å². The highest BCUT2D eigenvalue weighted by atomic mass is 19.1. The van der Waals surface area contributed by atoms with Crippen molar-refractivity contribution in [2.75, 3.05) is 6.54 Å². The predicted molar refractivity (Wildman–Crippen MR) is 57.3 cm³/mol. The molecule has 1 aromatic rings. The van der Waals surface area contributed by atoms with E-state index in [2.05, 4.69) is 10.0 Å². The fourth-order valence-corrected chi connectivity index (χ4v) is 1.35. The quantitative estimate of drug-likeness (QED) is 0.406. The summed E-state index contributed by atoms with van der Waals surface area (Å²) in [5.41, 5.74) is 8.33. The molecule has 2 unspecified atom stereocenters. The van der Waals surface area contributed by atoms with Crippen LogP contribution in [0.5, 0.6) is 0 Å². The summed E-state index contributed by atoms with van der Waals surface area (Å²) in [6, 6.07) is 3.70. The molecule has 1 aromatic carbocycles. The molecule has 0 aliphatic rings. The summed E-state index contributed by atoms with van der Waals surface area (Å²) in [5, 5.41) is 31.1. The Kier molecular flexibility index (Phi) is 4.86. The third kappa shape index (κ3) is 3.40. The highest BCUT2D eigenvalue weighted by molar-refractivity contribution is 5.27. The van der Waals surface area contributed by atoms with Crippen LogP contribution in [0.4, 0.5) is 4.39 Å². The SMILES string of the molecule is [N-]=[N+]=NCC(O)C(O)c1cc(CO)ccc1F. The van der Waals surface area contributed by atoms with E-state index in [9.17, 15) is 14.6 Å². The topological polar surface area (TPSA) is 109 Å². The van der Waals surface area contributed by atoms with E-state index in [0.717, 1.165) is 6.07 Å². The molecule has 0 heterocycles. The maximum absolute atomic E-state index is 13.4. The number of benzene rings is 1. The van der Waals surface area contributed by atoms with E-state index in [-0.39, 0.29) is 18.7 Å². The monoisotopic (exact) mass is 241 g/mol. The summed E-state index contributed by atoms with van der Waals surface area (Å²) in [6.07, 6.45) is -2.90. The first-order valence-electron chi connectivity index (χ1n) is 4.86. The maximum atomic E-state index is 13.4. The fourth-order valence-electron chi connectivity index (χ4n) is 1.35. The minimum Gasteiger partial charge on any atom is -0.392 e. The van der Waals surface area contributed by atoms with Crippen LogP contribution in [0.3, 0.4) is 0 Å². The summed E-state index contributed by atoms with van der Waals surface area (Å²) < 4.78 is 13.4. The molecule has 6 nitrogen and oxygen atoms in total. The summed E-state index contributed by atoms with van der Waals surface area (Å²) in [6.45, 7) is -0.660. The zero-order chi connectivity index (χ0) is 12.8. The fraction of sp³-hybridized carbons (Fsp3) is 0.400. The Morgan fingerprint density at radius 2 is 2.12 bits per heavy atom. The van der Waals surface area contributed by atoms with Gasteiger partial charge in [0.05, 0.1) is 19.3 Å². The lowest BCUT2D eigenvalue weighted by atomic mass is 10.0. The normalized spacial score (nSPS) is 13.9. The predicted octanol–water partition coefficient (Wildman–Crippen LogP) is 1.02. The molecule has 0 radical (unpaired) electrons. The second kappa shape index (κ2) is 6.17. The third-order valence-corrected chi connectivity index (χ3v) is 2.26. The Bertz CT molecular complexity index is 435. The molecule has 0 aromatic heterocycles. The van der Waals surface area contributed by atoms with Gasteiger partial charge < -0.3 is 15.3 Å². The van der Waals surface area contributed by atoms with Gasteiger partial charge in [0, 0.05) is 10.5 Å². The van der Waals surface area contributed by atoms with E-state index in [1.807, 2.05) is 0 Å². The second-order valence-electron chi connectivity index (χ2n) is 3.44. The van der Waals surface area contributed by atoms with Gasteiger partial charge in [-0.25, -0.2) is 4.39 Å². The Morgan fingerprint density at radius 1 is 1.41 bits per heavy atom. The van der Waals surface area contributed by atoms with Gasteiger partial charge in [-0.3, -0.25) is 0 Å².